The molecule has 0 bridgehead atoms. The van der Waals surface area contributed by atoms with Crippen LogP contribution in [0.4, 0.5) is 22.7 Å². The predicted molar refractivity (Wildman–Crippen MR) is 176 cm³/mol. The van der Waals surface area contributed by atoms with Gasteiger partial charge in [-0.1, -0.05) is 24.0 Å². The first-order valence-electron chi connectivity index (χ1n) is 16.2. The van der Waals surface area contributed by atoms with E-state index in [1.165, 1.54) is 18.6 Å². The minimum Gasteiger partial charge on any atom is -0.396 e. The predicted octanol–water partition coefficient (Wildman–Crippen LogP) is 4.55. The number of aliphatic hydroxyl groups excluding tert-OH is 1. The van der Waals surface area contributed by atoms with Gasteiger partial charge in [0.15, 0.2) is 5.13 Å². The summed E-state index contributed by atoms with van der Waals surface area (Å²) in [7, 11) is 0. The van der Waals surface area contributed by atoms with Gasteiger partial charge in [0.25, 0.3) is 11.8 Å². The molecule has 4 aliphatic rings. The maximum Gasteiger partial charge on any atom is 0.416 e. The quantitative estimate of drug-likeness (QED) is 0.278. The highest BCUT2D eigenvalue weighted by molar-refractivity contribution is 7.13. The van der Waals surface area contributed by atoms with Gasteiger partial charge in [0.2, 0.25) is 0 Å². The highest BCUT2D eigenvalue weighted by Gasteiger charge is 2.51. The van der Waals surface area contributed by atoms with Crippen LogP contribution in [0.3, 0.4) is 0 Å². The summed E-state index contributed by atoms with van der Waals surface area (Å²) < 4.78 is 57.9. The molecular weight excluding hydrogens is 660 g/mol. The number of carbonyl (C=O) groups is 2. The molecule has 5 heterocycles. The molecule has 0 spiro atoms. The van der Waals surface area contributed by atoms with Crippen molar-refractivity contribution in [3.63, 3.8) is 0 Å². The van der Waals surface area contributed by atoms with Gasteiger partial charge < -0.3 is 20.2 Å². The van der Waals surface area contributed by atoms with Crippen molar-refractivity contribution in [3.8, 4) is 11.8 Å². The molecule has 9 nitrogen and oxygen atoms in total. The Labute approximate surface area is 284 Å². The first-order valence-corrected chi connectivity index (χ1v) is 17.1. The number of aromatic nitrogens is 1. The van der Waals surface area contributed by atoms with Gasteiger partial charge >= 0.3 is 6.18 Å². The number of nitrogens with one attached hydrogen (secondary N) is 1. The van der Waals surface area contributed by atoms with Crippen LogP contribution in [0.5, 0.6) is 0 Å². The van der Waals surface area contributed by atoms with Crippen molar-refractivity contribution in [2.45, 2.75) is 62.8 Å². The molecule has 14 heteroatoms. The number of piperidine rings is 1. The van der Waals surface area contributed by atoms with Crippen LogP contribution in [-0.2, 0) is 24.1 Å². The van der Waals surface area contributed by atoms with Gasteiger partial charge in [-0.05, 0) is 67.2 Å². The molecule has 0 radical (unpaired) electrons. The summed E-state index contributed by atoms with van der Waals surface area (Å²) in [5, 5.41) is 14.0. The smallest absolute Gasteiger partial charge is 0.396 e. The van der Waals surface area contributed by atoms with Gasteiger partial charge in [0.1, 0.15) is 18.3 Å². The molecule has 2 aromatic carbocycles. The zero-order valence-electron chi connectivity index (χ0n) is 26.4. The van der Waals surface area contributed by atoms with Gasteiger partial charge in [-0.15, -0.1) is 11.3 Å². The van der Waals surface area contributed by atoms with Gasteiger partial charge in [-0.2, -0.15) is 13.2 Å². The molecule has 3 unspecified atom stereocenters. The fourth-order valence-electron chi connectivity index (χ4n) is 7.21. The van der Waals surface area contributed by atoms with Crippen molar-refractivity contribution in [3.05, 3.63) is 81.4 Å². The van der Waals surface area contributed by atoms with Crippen molar-refractivity contribution < 1.29 is 32.3 Å². The number of fused-ring (bicyclic) bond motifs is 2. The number of carbonyl (C=O) groups excluding carboxylic acids is 2. The fourth-order valence-corrected chi connectivity index (χ4v) is 7.74. The van der Waals surface area contributed by atoms with E-state index in [4.69, 9.17) is 0 Å². The lowest BCUT2D eigenvalue weighted by atomic mass is 9.97. The summed E-state index contributed by atoms with van der Waals surface area (Å²) >= 11 is 1.15. The highest BCUT2D eigenvalue weighted by Crippen LogP contribution is 2.40. The number of hydrogen-bond donors (Lipinski definition) is 2. The minimum atomic E-state index is -4.79. The van der Waals surface area contributed by atoms with Gasteiger partial charge in [0, 0.05) is 54.4 Å². The average Bonchev–Trinajstić information content (AvgIpc) is 3.87. The molecular formula is C35H34F4N6O3S. The Morgan fingerprint density at radius 2 is 1.88 bits per heavy atom. The summed E-state index contributed by atoms with van der Waals surface area (Å²) in [5.74, 6) is 4.68. The lowest BCUT2D eigenvalue weighted by Gasteiger charge is -2.33. The zero-order valence-corrected chi connectivity index (χ0v) is 27.2. The molecule has 4 atom stereocenters. The first-order chi connectivity index (χ1) is 23.6. The van der Waals surface area contributed by atoms with Crippen molar-refractivity contribution in [1.29, 1.82) is 0 Å². The number of anilines is 1. The van der Waals surface area contributed by atoms with Crippen LogP contribution in [0.1, 0.15) is 57.4 Å². The van der Waals surface area contributed by atoms with Crippen molar-refractivity contribution in [2.75, 3.05) is 31.6 Å². The van der Waals surface area contributed by atoms with Crippen LogP contribution in [0.25, 0.3) is 0 Å². The van der Waals surface area contributed by atoms with E-state index in [0.717, 1.165) is 60.3 Å². The number of benzene rings is 2. The second kappa shape index (κ2) is 13.5. The Kier molecular flexibility index (Phi) is 9.17. The standard InChI is InChI=1S/C35H34F4N6O3S/c36-25-15-29-30(41-20-44(29)17-25)31(32(47)42-34-40-9-12-49-34)45-18-27-26(33(45)48)13-24(14-28(27)35(37,38)39)6-3-21-1-4-22(5-2-21)16-43-10-7-23(19-46)8-11-43/h1-2,4-5,9,12-14,20,23,25,29-31,46H,7-8,10-11,15-19H2,(H,40,42,47)/t25-,29?,30?,31?/m1/s1. The van der Waals surface area contributed by atoms with E-state index in [1.807, 2.05) is 24.3 Å². The molecule has 0 saturated carbocycles. The molecule has 49 heavy (non-hydrogen) atoms. The van der Waals surface area contributed by atoms with Crippen molar-refractivity contribution >= 4 is 34.6 Å². The third-order valence-corrected chi connectivity index (χ3v) is 10.4. The summed E-state index contributed by atoms with van der Waals surface area (Å²) in [6.07, 6.45) is -1.02. The third kappa shape index (κ3) is 6.92. The second-order valence-corrected chi connectivity index (χ2v) is 13.8. The number of alkyl halides is 4. The number of aliphatic imine (C=N–C) groups is 1. The molecule has 1 aromatic heterocycles. The molecule has 2 amide bonds. The molecule has 4 aliphatic heterocycles. The van der Waals surface area contributed by atoms with Gasteiger partial charge in [-0.3, -0.25) is 19.5 Å². The van der Waals surface area contributed by atoms with Crippen LogP contribution >= 0.6 is 11.3 Å². The Morgan fingerprint density at radius 3 is 2.57 bits per heavy atom. The maximum atomic E-state index is 14.5. The second-order valence-electron chi connectivity index (χ2n) is 13.0. The highest BCUT2D eigenvalue weighted by atomic mass is 32.1. The molecule has 2 fully saturated rings. The number of amides is 2. The van der Waals surface area contributed by atoms with E-state index in [9.17, 15) is 32.3 Å². The minimum absolute atomic E-state index is 0.0158. The normalized spacial score (nSPS) is 23.0. The monoisotopic (exact) mass is 694 g/mol. The molecule has 2 N–H and O–H groups in total. The Morgan fingerprint density at radius 1 is 1.12 bits per heavy atom. The number of likely N-dealkylation sites (tertiary alicyclic amines) is 1. The molecule has 256 valence electrons. The molecule has 2 saturated heterocycles. The summed E-state index contributed by atoms with van der Waals surface area (Å²) in [5.41, 5.74) is 0.289. The van der Waals surface area contributed by atoms with Crippen LogP contribution in [0, 0.1) is 17.8 Å². The molecule has 0 aliphatic carbocycles. The summed E-state index contributed by atoms with van der Waals surface area (Å²) in [6, 6.07) is 7.07. The maximum absolute atomic E-state index is 14.5. The van der Waals surface area contributed by atoms with E-state index < -0.39 is 54.4 Å². The first kappa shape index (κ1) is 33.2. The van der Waals surface area contributed by atoms with Gasteiger partial charge in [-0.25, -0.2) is 9.37 Å². The molecule has 3 aromatic rings. The van der Waals surface area contributed by atoms with E-state index in [2.05, 4.69) is 32.0 Å². The number of rotatable bonds is 7. The van der Waals surface area contributed by atoms with Crippen LogP contribution in [-0.4, -0.2) is 93.5 Å². The summed E-state index contributed by atoms with van der Waals surface area (Å²) in [4.78, 5) is 41.3. The Hall–Kier alpha value is -4.32. The van der Waals surface area contributed by atoms with Crippen LogP contribution in [0.2, 0.25) is 0 Å². The lowest BCUT2D eigenvalue weighted by Crippen LogP contribution is -2.54. The number of aliphatic hydroxyl groups is 1. The van der Waals surface area contributed by atoms with E-state index >= 15 is 0 Å². The number of thiazole rings is 1. The zero-order chi connectivity index (χ0) is 34.3. The van der Waals surface area contributed by atoms with E-state index in [1.54, 1.807) is 10.3 Å². The lowest BCUT2D eigenvalue weighted by molar-refractivity contribution is -0.138. The third-order valence-electron chi connectivity index (χ3n) is 9.76. The SMILES string of the molecule is O=C(Nc1nccs1)C(C1N=CN2C[C@H](F)CC12)N1Cc2c(cc(C#Cc3ccc(CN4CCC(CO)CC4)cc3)cc2C(F)(F)F)C1=O. The van der Waals surface area contributed by atoms with Crippen LogP contribution < -0.4 is 5.32 Å². The number of nitrogens with zero attached hydrogens (tertiary/aromatic N) is 5. The van der Waals surface area contributed by atoms with E-state index in [-0.39, 0.29) is 41.4 Å². The van der Waals surface area contributed by atoms with Crippen molar-refractivity contribution in [2.24, 2.45) is 10.9 Å². The summed E-state index contributed by atoms with van der Waals surface area (Å²) in [6.45, 7) is 2.41. The number of halogens is 4. The van der Waals surface area contributed by atoms with Gasteiger partial charge in [0.05, 0.1) is 24.5 Å². The average molecular weight is 695 g/mol. The topological polar surface area (TPSA) is 101 Å². The molecule has 7 rings (SSSR count). The Balaban J connectivity index is 1.14. The number of hydrogen-bond acceptors (Lipinski definition) is 8. The van der Waals surface area contributed by atoms with Crippen LogP contribution in [0.15, 0.2) is 53.0 Å². The van der Waals surface area contributed by atoms with Crippen molar-refractivity contribution in [1.82, 2.24) is 19.7 Å². The Bertz CT molecular complexity index is 1800. The van der Waals surface area contributed by atoms with E-state index in [0.29, 0.717) is 11.5 Å². The largest absolute Gasteiger partial charge is 0.416 e. The fraction of sp³-hybridized carbons (Fsp3) is 0.429.